The van der Waals surface area contributed by atoms with Gasteiger partial charge in [0.15, 0.2) is 5.13 Å². The molecule has 2 aromatic rings. The number of aryl methyl sites for hydroxylation is 1. The first-order valence-electron chi connectivity index (χ1n) is 6.74. The lowest BCUT2D eigenvalue weighted by Crippen LogP contribution is -2.31. The van der Waals surface area contributed by atoms with Gasteiger partial charge >= 0.3 is 0 Å². The van der Waals surface area contributed by atoms with Crippen LogP contribution >= 0.6 is 11.3 Å². The molecule has 6 heteroatoms. The Hall–Kier alpha value is -1.66. The van der Waals surface area contributed by atoms with Crippen molar-refractivity contribution in [2.75, 3.05) is 13.2 Å². The molecule has 1 N–H and O–H groups in total. The molecule has 1 aliphatic rings. The van der Waals surface area contributed by atoms with E-state index < -0.39 is 0 Å². The molecule has 1 saturated heterocycles. The lowest BCUT2D eigenvalue weighted by atomic mass is 10.2. The van der Waals surface area contributed by atoms with Crippen LogP contribution in [-0.4, -0.2) is 34.7 Å². The number of carbonyl (C=O) groups is 1. The molecule has 0 saturated carbocycles. The SMILES string of the molecule is Cc1nc(-n2cccc2)sc1C(=O)NCC1CCCO1. The second-order valence-electron chi connectivity index (χ2n) is 4.85. The molecule has 5 nitrogen and oxygen atoms in total. The first-order valence-corrected chi connectivity index (χ1v) is 7.56. The van der Waals surface area contributed by atoms with Crippen molar-refractivity contribution in [1.82, 2.24) is 14.9 Å². The van der Waals surface area contributed by atoms with Crippen LogP contribution in [0.5, 0.6) is 0 Å². The molecule has 1 atom stereocenters. The van der Waals surface area contributed by atoms with Gasteiger partial charge in [-0.25, -0.2) is 4.98 Å². The number of hydrogen-bond donors (Lipinski definition) is 1. The number of hydrogen-bond acceptors (Lipinski definition) is 4. The highest BCUT2D eigenvalue weighted by Crippen LogP contribution is 2.21. The van der Waals surface area contributed by atoms with Gasteiger partial charge in [-0.2, -0.15) is 0 Å². The van der Waals surface area contributed by atoms with Crippen LogP contribution in [-0.2, 0) is 4.74 Å². The summed E-state index contributed by atoms with van der Waals surface area (Å²) in [4.78, 5) is 17.3. The van der Waals surface area contributed by atoms with Crippen LogP contribution in [0.25, 0.3) is 5.13 Å². The lowest BCUT2D eigenvalue weighted by Gasteiger charge is -2.09. The summed E-state index contributed by atoms with van der Waals surface area (Å²) in [5.41, 5.74) is 0.767. The molecule has 1 fully saturated rings. The zero-order valence-electron chi connectivity index (χ0n) is 11.3. The number of nitrogens with zero attached hydrogens (tertiary/aromatic N) is 2. The number of carbonyl (C=O) groups excluding carboxylic acids is 1. The van der Waals surface area contributed by atoms with E-state index >= 15 is 0 Å². The molecule has 0 radical (unpaired) electrons. The lowest BCUT2D eigenvalue weighted by molar-refractivity contribution is 0.0860. The first-order chi connectivity index (χ1) is 9.74. The number of amides is 1. The molecule has 106 valence electrons. The summed E-state index contributed by atoms with van der Waals surface area (Å²) in [5, 5.41) is 3.75. The van der Waals surface area contributed by atoms with Gasteiger partial charge in [0.1, 0.15) is 4.88 Å². The molecule has 1 unspecified atom stereocenters. The Balaban J connectivity index is 1.68. The Morgan fingerprint density at radius 1 is 1.55 bits per heavy atom. The normalized spacial score (nSPS) is 18.4. The van der Waals surface area contributed by atoms with E-state index in [-0.39, 0.29) is 12.0 Å². The third-order valence-corrected chi connectivity index (χ3v) is 4.50. The average Bonchev–Trinajstić information content (AvgIpc) is 3.17. The van der Waals surface area contributed by atoms with Crippen molar-refractivity contribution >= 4 is 17.2 Å². The number of thiazole rings is 1. The van der Waals surface area contributed by atoms with E-state index in [0.717, 1.165) is 30.3 Å². The molecular weight excluding hydrogens is 274 g/mol. The zero-order valence-corrected chi connectivity index (χ0v) is 12.2. The van der Waals surface area contributed by atoms with E-state index in [4.69, 9.17) is 4.74 Å². The minimum Gasteiger partial charge on any atom is -0.376 e. The van der Waals surface area contributed by atoms with Crippen LogP contribution in [0, 0.1) is 6.92 Å². The molecule has 20 heavy (non-hydrogen) atoms. The molecule has 3 heterocycles. The predicted octanol–water partition coefficient (Wildman–Crippen LogP) is 2.15. The van der Waals surface area contributed by atoms with Crippen LogP contribution in [0.4, 0.5) is 0 Å². The van der Waals surface area contributed by atoms with Crippen LogP contribution < -0.4 is 5.32 Å². The van der Waals surface area contributed by atoms with E-state index in [1.54, 1.807) is 0 Å². The number of rotatable bonds is 4. The monoisotopic (exact) mass is 291 g/mol. The quantitative estimate of drug-likeness (QED) is 0.939. The van der Waals surface area contributed by atoms with E-state index in [0.29, 0.717) is 11.4 Å². The molecule has 0 spiro atoms. The van der Waals surface area contributed by atoms with Gasteiger partial charge in [0.05, 0.1) is 11.8 Å². The standard InChI is InChI=1S/C14H17N3O2S/c1-10-12(13(18)15-9-11-5-4-8-19-11)20-14(16-10)17-6-2-3-7-17/h2-3,6-7,11H,4-5,8-9H2,1H3,(H,15,18). The third kappa shape index (κ3) is 2.76. The maximum absolute atomic E-state index is 12.2. The van der Waals surface area contributed by atoms with E-state index in [2.05, 4.69) is 10.3 Å². The maximum Gasteiger partial charge on any atom is 0.263 e. The Kier molecular flexibility index (Phi) is 3.84. The van der Waals surface area contributed by atoms with E-state index in [1.807, 2.05) is 36.0 Å². The van der Waals surface area contributed by atoms with Crippen LogP contribution in [0.2, 0.25) is 0 Å². The molecule has 1 amide bonds. The van der Waals surface area contributed by atoms with Crippen LogP contribution in [0.15, 0.2) is 24.5 Å². The number of nitrogens with one attached hydrogen (secondary N) is 1. The minimum absolute atomic E-state index is 0.0612. The Labute approximate surface area is 121 Å². The van der Waals surface area contributed by atoms with Crippen molar-refractivity contribution in [1.29, 1.82) is 0 Å². The largest absolute Gasteiger partial charge is 0.376 e. The van der Waals surface area contributed by atoms with Crippen molar-refractivity contribution in [2.24, 2.45) is 0 Å². The molecule has 0 aromatic carbocycles. The fraction of sp³-hybridized carbons (Fsp3) is 0.429. The molecule has 0 aliphatic carbocycles. The minimum atomic E-state index is -0.0612. The van der Waals surface area contributed by atoms with E-state index in [1.165, 1.54) is 11.3 Å². The van der Waals surface area contributed by atoms with Gasteiger partial charge in [-0.05, 0) is 31.9 Å². The highest BCUT2D eigenvalue weighted by molar-refractivity contribution is 7.16. The van der Waals surface area contributed by atoms with Gasteiger partial charge < -0.3 is 14.6 Å². The van der Waals surface area contributed by atoms with Crippen LogP contribution in [0.1, 0.15) is 28.2 Å². The smallest absolute Gasteiger partial charge is 0.263 e. The molecule has 0 bridgehead atoms. The highest BCUT2D eigenvalue weighted by atomic mass is 32.1. The number of ether oxygens (including phenoxy) is 1. The summed E-state index contributed by atoms with van der Waals surface area (Å²) in [5.74, 6) is -0.0612. The number of aromatic nitrogens is 2. The van der Waals surface area contributed by atoms with Crippen molar-refractivity contribution in [3.8, 4) is 5.13 Å². The van der Waals surface area contributed by atoms with Gasteiger partial charge in [0, 0.05) is 25.5 Å². The Bertz CT molecular complexity index is 586. The Morgan fingerprint density at radius 2 is 2.35 bits per heavy atom. The topological polar surface area (TPSA) is 56.2 Å². The third-order valence-electron chi connectivity index (χ3n) is 3.33. The maximum atomic E-state index is 12.2. The summed E-state index contributed by atoms with van der Waals surface area (Å²) in [6, 6.07) is 3.88. The first kappa shape index (κ1) is 13.3. The molecule has 3 rings (SSSR count). The van der Waals surface area contributed by atoms with Gasteiger partial charge in [0.2, 0.25) is 0 Å². The summed E-state index contributed by atoms with van der Waals surface area (Å²) in [6.45, 7) is 3.25. The Morgan fingerprint density at radius 3 is 3.05 bits per heavy atom. The molecular formula is C14H17N3O2S. The van der Waals surface area contributed by atoms with Crippen molar-refractivity contribution < 1.29 is 9.53 Å². The second kappa shape index (κ2) is 5.76. The summed E-state index contributed by atoms with van der Waals surface area (Å²) in [6.07, 6.45) is 6.11. The van der Waals surface area contributed by atoms with Crippen molar-refractivity contribution in [3.05, 3.63) is 35.1 Å². The fourth-order valence-corrected chi connectivity index (χ4v) is 3.21. The summed E-state index contributed by atoms with van der Waals surface area (Å²) >= 11 is 1.41. The van der Waals surface area contributed by atoms with Gasteiger partial charge in [0.25, 0.3) is 5.91 Å². The van der Waals surface area contributed by atoms with Crippen LogP contribution in [0.3, 0.4) is 0 Å². The van der Waals surface area contributed by atoms with E-state index in [9.17, 15) is 4.79 Å². The highest BCUT2D eigenvalue weighted by Gasteiger charge is 2.19. The molecule has 2 aromatic heterocycles. The van der Waals surface area contributed by atoms with Crippen molar-refractivity contribution in [3.63, 3.8) is 0 Å². The molecule has 1 aliphatic heterocycles. The average molecular weight is 291 g/mol. The van der Waals surface area contributed by atoms with Gasteiger partial charge in [-0.3, -0.25) is 4.79 Å². The fourth-order valence-electron chi connectivity index (χ4n) is 2.26. The summed E-state index contributed by atoms with van der Waals surface area (Å²) in [7, 11) is 0. The second-order valence-corrected chi connectivity index (χ2v) is 5.82. The predicted molar refractivity (Wildman–Crippen MR) is 77.5 cm³/mol. The van der Waals surface area contributed by atoms with Gasteiger partial charge in [-0.15, -0.1) is 0 Å². The van der Waals surface area contributed by atoms with Gasteiger partial charge in [-0.1, -0.05) is 11.3 Å². The zero-order chi connectivity index (χ0) is 13.9. The van der Waals surface area contributed by atoms with Crippen molar-refractivity contribution in [2.45, 2.75) is 25.9 Å². The summed E-state index contributed by atoms with van der Waals surface area (Å²) < 4.78 is 7.41.